The van der Waals surface area contributed by atoms with E-state index in [0.29, 0.717) is 36.2 Å². The van der Waals surface area contributed by atoms with E-state index in [1.54, 1.807) is 54.0 Å². The highest BCUT2D eigenvalue weighted by Gasteiger charge is 2.47. The SMILES string of the molecule is O=C(CCCCCC(C(=O)Nc1ccccc1)(C(=O)Nc1ccccc1)c1ccccc1)NO. The molecule has 0 saturated carbocycles. The minimum atomic E-state index is -1.49. The van der Waals surface area contributed by atoms with Crippen molar-refractivity contribution < 1.29 is 19.6 Å². The normalized spacial score (nSPS) is 10.9. The van der Waals surface area contributed by atoms with E-state index in [4.69, 9.17) is 5.21 Å². The summed E-state index contributed by atoms with van der Waals surface area (Å²) in [7, 11) is 0. The third-order valence-corrected chi connectivity index (χ3v) is 5.69. The molecule has 0 unspecified atom stereocenters. The predicted octanol–water partition coefficient (Wildman–Crippen LogP) is 4.66. The number of hydrogen-bond acceptors (Lipinski definition) is 4. The van der Waals surface area contributed by atoms with E-state index in [2.05, 4.69) is 10.6 Å². The summed E-state index contributed by atoms with van der Waals surface area (Å²) in [6.07, 6.45) is 2.07. The Kier molecular flexibility index (Phi) is 8.94. The van der Waals surface area contributed by atoms with Gasteiger partial charge in [0.25, 0.3) is 0 Å². The van der Waals surface area contributed by atoms with Crippen molar-refractivity contribution in [3.05, 3.63) is 96.6 Å². The number of unbranched alkanes of at least 4 members (excludes halogenated alkanes) is 2. The van der Waals surface area contributed by atoms with Gasteiger partial charge in [-0.2, -0.15) is 0 Å². The van der Waals surface area contributed by atoms with E-state index in [-0.39, 0.29) is 12.8 Å². The highest BCUT2D eigenvalue weighted by atomic mass is 16.5. The molecule has 3 rings (SSSR count). The second-order valence-electron chi connectivity index (χ2n) is 8.01. The monoisotopic (exact) mass is 459 g/mol. The van der Waals surface area contributed by atoms with Gasteiger partial charge in [0.15, 0.2) is 5.41 Å². The molecule has 0 heterocycles. The molecule has 0 radical (unpaired) electrons. The number of anilines is 2. The van der Waals surface area contributed by atoms with E-state index in [1.807, 2.05) is 42.5 Å². The molecule has 7 nitrogen and oxygen atoms in total. The van der Waals surface area contributed by atoms with E-state index in [9.17, 15) is 14.4 Å². The van der Waals surface area contributed by atoms with Crippen LogP contribution in [0.25, 0.3) is 0 Å². The van der Waals surface area contributed by atoms with Crippen LogP contribution in [0.4, 0.5) is 11.4 Å². The van der Waals surface area contributed by atoms with Crippen molar-refractivity contribution in [2.75, 3.05) is 10.6 Å². The lowest BCUT2D eigenvalue weighted by Gasteiger charge is -2.32. The summed E-state index contributed by atoms with van der Waals surface area (Å²) >= 11 is 0. The fraction of sp³-hybridized carbons (Fsp3) is 0.222. The second-order valence-corrected chi connectivity index (χ2v) is 8.01. The molecule has 0 aliphatic heterocycles. The molecule has 0 aliphatic carbocycles. The topological polar surface area (TPSA) is 108 Å². The van der Waals surface area contributed by atoms with Gasteiger partial charge in [0.2, 0.25) is 17.7 Å². The summed E-state index contributed by atoms with van der Waals surface area (Å²) in [5.74, 6) is -1.31. The van der Waals surface area contributed by atoms with Gasteiger partial charge in [-0.15, -0.1) is 0 Å². The lowest BCUT2D eigenvalue weighted by Crippen LogP contribution is -2.50. The Morgan fingerprint density at radius 1 is 0.647 bits per heavy atom. The molecule has 3 aromatic rings. The first-order valence-corrected chi connectivity index (χ1v) is 11.3. The van der Waals surface area contributed by atoms with Crippen molar-refractivity contribution >= 4 is 29.1 Å². The standard InChI is InChI=1S/C27H29N3O4/c31-24(30-34)19-11-4-12-20-27(21-13-5-1-6-14-21,25(32)28-22-15-7-2-8-16-22)26(33)29-23-17-9-3-10-18-23/h1-3,5-10,13-18,34H,4,11-12,19-20H2,(H,28,32)(H,29,33)(H,30,31). The van der Waals surface area contributed by atoms with E-state index in [0.717, 1.165) is 0 Å². The Bertz CT molecular complexity index is 1020. The number of carbonyl (C=O) groups is 3. The Hall–Kier alpha value is -3.97. The number of carbonyl (C=O) groups excluding carboxylic acids is 3. The number of rotatable bonds is 11. The highest BCUT2D eigenvalue weighted by Crippen LogP contribution is 2.34. The molecule has 0 atom stereocenters. The molecular formula is C27H29N3O4. The van der Waals surface area contributed by atoms with Gasteiger partial charge >= 0.3 is 0 Å². The van der Waals surface area contributed by atoms with Crippen LogP contribution in [0.3, 0.4) is 0 Å². The average Bonchev–Trinajstić information content (AvgIpc) is 2.87. The molecule has 3 amide bonds. The smallest absolute Gasteiger partial charge is 0.244 e. The highest BCUT2D eigenvalue weighted by molar-refractivity contribution is 6.19. The molecule has 0 bridgehead atoms. The van der Waals surface area contributed by atoms with Gasteiger partial charge in [-0.25, -0.2) is 5.48 Å². The first kappa shape index (κ1) is 24.7. The Balaban J connectivity index is 1.93. The summed E-state index contributed by atoms with van der Waals surface area (Å²) in [6, 6.07) is 27.1. The third-order valence-electron chi connectivity index (χ3n) is 5.69. The lowest BCUT2D eigenvalue weighted by molar-refractivity contribution is -0.132. The number of nitrogens with one attached hydrogen (secondary N) is 3. The van der Waals surface area contributed by atoms with Crippen molar-refractivity contribution in [1.29, 1.82) is 0 Å². The maximum Gasteiger partial charge on any atom is 0.244 e. The van der Waals surface area contributed by atoms with Crippen LogP contribution in [-0.2, 0) is 19.8 Å². The van der Waals surface area contributed by atoms with Crippen molar-refractivity contribution in [3.63, 3.8) is 0 Å². The first-order valence-electron chi connectivity index (χ1n) is 11.3. The zero-order valence-corrected chi connectivity index (χ0v) is 18.9. The molecular weight excluding hydrogens is 430 g/mol. The molecule has 0 fully saturated rings. The maximum absolute atomic E-state index is 13.8. The minimum Gasteiger partial charge on any atom is -0.325 e. The van der Waals surface area contributed by atoms with Crippen molar-refractivity contribution in [1.82, 2.24) is 5.48 Å². The van der Waals surface area contributed by atoms with Crippen LogP contribution in [0, 0.1) is 0 Å². The van der Waals surface area contributed by atoms with Gasteiger partial charge in [-0.1, -0.05) is 79.6 Å². The van der Waals surface area contributed by atoms with Gasteiger partial charge in [-0.3, -0.25) is 19.6 Å². The summed E-state index contributed by atoms with van der Waals surface area (Å²) < 4.78 is 0. The van der Waals surface area contributed by atoms with Crippen LogP contribution in [0.2, 0.25) is 0 Å². The Morgan fingerprint density at radius 2 is 1.12 bits per heavy atom. The molecule has 4 N–H and O–H groups in total. The zero-order valence-electron chi connectivity index (χ0n) is 18.9. The molecule has 3 aromatic carbocycles. The Morgan fingerprint density at radius 3 is 1.59 bits per heavy atom. The third kappa shape index (κ3) is 6.30. The molecule has 176 valence electrons. The first-order chi connectivity index (χ1) is 16.6. The summed E-state index contributed by atoms with van der Waals surface area (Å²) in [5, 5.41) is 14.5. The number of para-hydroxylation sites is 2. The summed E-state index contributed by atoms with van der Waals surface area (Å²) in [4.78, 5) is 39.0. The number of benzene rings is 3. The largest absolute Gasteiger partial charge is 0.325 e. The van der Waals surface area contributed by atoms with E-state index >= 15 is 0 Å². The fourth-order valence-electron chi connectivity index (χ4n) is 3.89. The summed E-state index contributed by atoms with van der Waals surface area (Å²) in [6.45, 7) is 0. The molecule has 0 aromatic heterocycles. The zero-order chi connectivity index (χ0) is 24.2. The van der Waals surface area contributed by atoms with Crippen LogP contribution in [0.5, 0.6) is 0 Å². The predicted molar refractivity (Wildman–Crippen MR) is 131 cm³/mol. The van der Waals surface area contributed by atoms with Crippen LogP contribution in [-0.4, -0.2) is 22.9 Å². The van der Waals surface area contributed by atoms with Crippen LogP contribution >= 0.6 is 0 Å². The lowest BCUT2D eigenvalue weighted by atomic mass is 9.74. The molecule has 34 heavy (non-hydrogen) atoms. The molecule has 0 spiro atoms. The van der Waals surface area contributed by atoms with Gasteiger partial charge < -0.3 is 10.6 Å². The van der Waals surface area contributed by atoms with Crippen LogP contribution < -0.4 is 16.1 Å². The molecule has 0 aliphatic rings. The van der Waals surface area contributed by atoms with Crippen molar-refractivity contribution in [3.8, 4) is 0 Å². The average molecular weight is 460 g/mol. The van der Waals surface area contributed by atoms with E-state index < -0.39 is 23.1 Å². The minimum absolute atomic E-state index is 0.168. The van der Waals surface area contributed by atoms with Gasteiger partial charge in [0.1, 0.15) is 0 Å². The van der Waals surface area contributed by atoms with Gasteiger partial charge in [0.05, 0.1) is 0 Å². The quantitative estimate of drug-likeness (QED) is 0.145. The van der Waals surface area contributed by atoms with Crippen molar-refractivity contribution in [2.45, 2.75) is 37.5 Å². The second kappa shape index (κ2) is 12.3. The number of amides is 3. The fourth-order valence-corrected chi connectivity index (χ4v) is 3.89. The molecule has 7 heteroatoms. The summed E-state index contributed by atoms with van der Waals surface area (Å²) in [5.41, 5.74) is 1.91. The van der Waals surface area contributed by atoms with Crippen LogP contribution in [0.1, 0.15) is 37.7 Å². The van der Waals surface area contributed by atoms with Crippen LogP contribution in [0.15, 0.2) is 91.0 Å². The maximum atomic E-state index is 13.8. The van der Waals surface area contributed by atoms with Gasteiger partial charge in [-0.05, 0) is 42.7 Å². The Labute approximate surface area is 199 Å². The number of hydrogen-bond donors (Lipinski definition) is 4. The van der Waals surface area contributed by atoms with Gasteiger partial charge in [0, 0.05) is 17.8 Å². The number of hydroxylamine groups is 1. The van der Waals surface area contributed by atoms with E-state index in [1.165, 1.54) is 0 Å². The van der Waals surface area contributed by atoms with Crippen molar-refractivity contribution in [2.24, 2.45) is 0 Å². The molecule has 0 saturated heterocycles.